The lowest BCUT2D eigenvalue weighted by Crippen LogP contribution is -2.11. The second kappa shape index (κ2) is 12.4. The average molecular weight is 414 g/mol. The van der Waals surface area contributed by atoms with Gasteiger partial charge in [-0.2, -0.15) is 0 Å². The van der Waals surface area contributed by atoms with Gasteiger partial charge in [-0.05, 0) is 63.1 Å². The number of nitrogens with zero attached hydrogens (tertiary/aromatic N) is 1. The molecule has 2 rings (SSSR count). The molecule has 0 aliphatic rings. The summed E-state index contributed by atoms with van der Waals surface area (Å²) in [7, 11) is 1.51. The fourth-order valence-electron chi connectivity index (χ4n) is 2.79. The normalized spacial score (nSPS) is 11.4. The molecule has 6 nitrogen and oxygen atoms in total. The molecule has 2 aromatic carbocycles. The van der Waals surface area contributed by atoms with Crippen molar-refractivity contribution in [1.29, 1.82) is 0 Å². The van der Waals surface area contributed by atoms with Crippen LogP contribution < -0.4 is 18.9 Å². The molecular formula is C24H31NO5. The Morgan fingerprint density at radius 2 is 1.57 bits per heavy atom. The summed E-state index contributed by atoms with van der Waals surface area (Å²) < 4.78 is 23.1. The number of oxime groups is 1. The highest BCUT2D eigenvalue weighted by atomic mass is 16.6. The lowest BCUT2D eigenvalue weighted by atomic mass is 10.1. The fraction of sp³-hybridized carbons (Fsp3) is 0.375. The summed E-state index contributed by atoms with van der Waals surface area (Å²) in [5.41, 5.74) is 2.82. The van der Waals surface area contributed by atoms with Crippen molar-refractivity contribution >= 4 is 5.71 Å². The first kappa shape index (κ1) is 23.1. The number of allylic oxidation sites excluding steroid dienone is 1. The minimum Gasteiger partial charge on any atom is -0.490 e. The van der Waals surface area contributed by atoms with Crippen LogP contribution in [0.4, 0.5) is 0 Å². The van der Waals surface area contributed by atoms with Gasteiger partial charge >= 0.3 is 0 Å². The maximum atomic E-state index is 5.95. The molecule has 0 aromatic heterocycles. The molecule has 0 fully saturated rings. The second-order valence-electron chi connectivity index (χ2n) is 6.74. The topological polar surface area (TPSA) is 58.5 Å². The Morgan fingerprint density at radius 3 is 2.23 bits per heavy atom. The summed E-state index contributed by atoms with van der Waals surface area (Å²) in [6.07, 6.45) is 3.94. The molecule has 0 radical (unpaired) electrons. The van der Waals surface area contributed by atoms with Crippen LogP contribution in [0.5, 0.6) is 23.0 Å². The predicted molar refractivity (Wildman–Crippen MR) is 119 cm³/mol. The summed E-state index contributed by atoms with van der Waals surface area (Å²) in [5, 5.41) is 3.82. The molecule has 0 bridgehead atoms. The SMILES string of the molecule is C/C=C/COc1cc(C)c(OCCOc2cccc(OC/C(C)=N/OC)c2)c(C)c1. The first-order valence-electron chi connectivity index (χ1n) is 9.93. The highest BCUT2D eigenvalue weighted by Crippen LogP contribution is 2.28. The number of benzene rings is 2. The Morgan fingerprint density at radius 1 is 0.900 bits per heavy atom. The van der Waals surface area contributed by atoms with E-state index in [0.29, 0.717) is 32.2 Å². The van der Waals surface area contributed by atoms with Gasteiger partial charge in [-0.1, -0.05) is 23.4 Å². The smallest absolute Gasteiger partial charge is 0.129 e. The van der Waals surface area contributed by atoms with E-state index in [2.05, 4.69) is 5.16 Å². The van der Waals surface area contributed by atoms with Crippen molar-refractivity contribution in [3.8, 4) is 23.0 Å². The van der Waals surface area contributed by atoms with Crippen LogP contribution in [0.3, 0.4) is 0 Å². The zero-order chi connectivity index (χ0) is 21.8. The quantitative estimate of drug-likeness (QED) is 0.209. The molecule has 0 unspecified atom stereocenters. The molecule has 0 aliphatic carbocycles. The first-order valence-corrected chi connectivity index (χ1v) is 9.93. The molecule has 0 saturated carbocycles. The Hall–Kier alpha value is -3.15. The third kappa shape index (κ3) is 7.70. The summed E-state index contributed by atoms with van der Waals surface area (Å²) in [6, 6.07) is 11.5. The van der Waals surface area contributed by atoms with Gasteiger partial charge in [0, 0.05) is 6.07 Å². The van der Waals surface area contributed by atoms with Gasteiger partial charge in [0.2, 0.25) is 0 Å². The minimum absolute atomic E-state index is 0.355. The van der Waals surface area contributed by atoms with Gasteiger partial charge in [-0.3, -0.25) is 0 Å². The van der Waals surface area contributed by atoms with Gasteiger partial charge in [0.05, 0.1) is 5.71 Å². The third-order valence-corrected chi connectivity index (χ3v) is 4.11. The molecule has 6 heteroatoms. The molecule has 0 heterocycles. The van der Waals surface area contributed by atoms with Gasteiger partial charge in [0.25, 0.3) is 0 Å². The van der Waals surface area contributed by atoms with Crippen molar-refractivity contribution in [2.24, 2.45) is 5.16 Å². The van der Waals surface area contributed by atoms with Gasteiger partial charge in [0.1, 0.15) is 56.5 Å². The van der Waals surface area contributed by atoms with E-state index in [1.165, 1.54) is 7.11 Å². The third-order valence-electron chi connectivity index (χ3n) is 4.11. The highest BCUT2D eigenvalue weighted by molar-refractivity contribution is 5.82. The van der Waals surface area contributed by atoms with E-state index in [4.69, 9.17) is 23.8 Å². The van der Waals surface area contributed by atoms with Crippen LogP contribution in [-0.2, 0) is 4.84 Å². The van der Waals surface area contributed by atoms with Crippen LogP contribution in [0.15, 0.2) is 53.7 Å². The Kier molecular flexibility index (Phi) is 9.58. The first-order chi connectivity index (χ1) is 14.5. The molecule has 0 aliphatic heterocycles. The van der Waals surface area contributed by atoms with Crippen LogP contribution in [0.25, 0.3) is 0 Å². The van der Waals surface area contributed by atoms with Crippen molar-refractivity contribution < 1.29 is 23.8 Å². The van der Waals surface area contributed by atoms with E-state index >= 15 is 0 Å². The van der Waals surface area contributed by atoms with E-state index in [1.807, 2.05) is 76.2 Å². The van der Waals surface area contributed by atoms with E-state index in [1.54, 1.807) is 0 Å². The van der Waals surface area contributed by atoms with Crippen LogP contribution in [-0.4, -0.2) is 39.2 Å². The zero-order valence-electron chi connectivity index (χ0n) is 18.4. The van der Waals surface area contributed by atoms with Crippen LogP contribution >= 0.6 is 0 Å². The Balaban J connectivity index is 1.83. The summed E-state index contributed by atoms with van der Waals surface area (Å²) in [5.74, 6) is 3.13. The molecule has 0 N–H and O–H groups in total. The van der Waals surface area contributed by atoms with E-state index in [-0.39, 0.29) is 0 Å². The molecule has 0 atom stereocenters. The van der Waals surface area contributed by atoms with Crippen LogP contribution in [0.1, 0.15) is 25.0 Å². The van der Waals surface area contributed by atoms with Gasteiger partial charge < -0.3 is 23.8 Å². The summed E-state index contributed by atoms with van der Waals surface area (Å²) in [6.45, 7) is 9.62. The fourth-order valence-corrected chi connectivity index (χ4v) is 2.79. The molecule has 2 aromatic rings. The van der Waals surface area contributed by atoms with E-state index in [0.717, 1.165) is 34.1 Å². The molecular weight excluding hydrogens is 382 g/mol. The minimum atomic E-state index is 0.355. The van der Waals surface area contributed by atoms with Crippen molar-refractivity contribution in [2.75, 3.05) is 33.5 Å². The average Bonchev–Trinajstić information content (AvgIpc) is 2.72. The number of hydrogen-bond acceptors (Lipinski definition) is 6. The zero-order valence-corrected chi connectivity index (χ0v) is 18.4. The van der Waals surface area contributed by atoms with Crippen molar-refractivity contribution in [2.45, 2.75) is 27.7 Å². The number of ether oxygens (including phenoxy) is 4. The standard InChI is InChI=1S/C24H31NO5/c1-6-7-11-27-23-14-18(2)24(19(3)15-23)29-13-12-28-21-9-8-10-22(16-21)30-17-20(4)25-26-5/h6-10,14-16H,11-13,17H2,1-5H3/b7-6+,25-20+. The van der Waals surface area contributed by atoms with Crippen LogP contribution in [0.2, 0.25) is 0 Å². The largest absolute Gasteiger partial charge is 0.490 e. The second-order valence-corrected chi connectivity index (χ2v) is 6.74. The number of rotatable bonds is 12. The number of aryl methyl sites for hydroxylation is 2. The maximum absolute atomic E-state index is 5.95. The van der Waals surface area contributed by atoms with Gasteiger partial charge in [0.15, 0.2) is 0 Å². The van der Waals surface area contributed by atoms with E-state index in [9.17, 15) is 0 Å². The van der Waals surface area contributed by atoms with Crippen molar-refractivity contribution in [3.63, 3.8) is 0 Å². The lowest BCUT2D eigenvalue weighted by molar-refractivity contribution is 0.209. The lowest BCUT2D eigenvalue weighted by Gasteiger charge is -2.15. The molecule has 162 valence electrons. The Bertz CT molecular complexity index is 837. The molecule has 0 spiro atoms. The number of hydrogen-bond donors (Lipinski definition) is 0. The van der Waals surface area contributed by atoms with Crippen LogP contribution in [0, 0.1) is 13.8 Å². The monoisotopic (exact) mass is 413 g/mol. The van der Waals surface area contributed by atoms with Gasteiger partial charge in [-0.15, -0.1) is 0 Å². The van der Waals surface area contributed by atoms with Crippen molar-refractivity contribution in [3.05, 3.63) is 59.7 Å². The van der Waals surface area contributed by atoms with Crippen molar-refractivity contribution in [1.82, 2.24) is 0 Å². The molecule has 0 amide bonds. The molecule has 0 saturated heterocycles. The Labute approximate surface area is 179 Å². The van der Waals surface area contributed by atoms with E-state index < -0.39 is 0 Å². The highest BCUT2D eigenvalue weighted by Gasteiger charge is 2.08. The summed E-state index contributed by atoms with van der Waals surface area (Å²) >= 11 is 0. The molecule has 30 heavy (non-hydrogen) atoms. The maximum Gasteiger partial charge on any atom is 0.129 e. The summed E-state index contributed by atoms with van der Waals surface area (Å²) in [4.78, 5) is 4.72. The van der Waals surface area contributed by atoms with Gasteiger partial charge in [-0.25, -0.2) is 0 Å². The predicted octanol–water partition coefficient (Wildman–Crippen LogP) is 5.12.